The van der Waals surface area contributed by atoms with Crippen LogP contribution in [0, 0.1) is 0 Å². The van der Waals surface area contributed by atoms with Crippen molar-refractivity contribution in [2.75, 3.05) is 6.61 Å². The van der Waals surface area contributed by atoms with Crippen molar-refractivity contribution in [1.82, 2.24) is 0 Å². The lowest BCUT2D eigenvalue weighted by atomic mass is 10.1. The summed E-state index contributed by atoms with van der Waals surface area (Å²) < 4.78 is 5.92. The molecule has 0 atom stereocenters. The first-order valence-electron chi connectivity index (χ1n) is 9.19. The Bertz CT molecular complexity index is 678. The van der Waals surface area contributed by atoms with Crippen LogP contribution in [0.2, 0.25) is 0 Å². The molecule has 0 aliphatic heterocycles. The quantitative estimate of drug-likeness (QED) is 0.293. The number of hydrogen-bond acceptors (Lipinski definition) is 2. The number of carbonyl (C=O) groups is 1. The van der Waals surface area contributed by atoms with Crippen LogP contribution in [0.5, 0.6) is 5.75 Å². The molecule has 0 bridgehead atoms. The molecular weight excluding hydrogens is 324 g/mol. The van der Waals surface area contributed by atoms with Gasteiger partial charge >= 0.3 is 5.97 Å². The second-order valence-electron chi connectivity index (χ2n) is 6.28. The molecule has 0 unspecified atom stereocenters. The Hall–Kier alpha value is -2.55. The Balaban J connectivity index is 2.65. The first kappa shape index (κ1) is 21.5. The number of hydrogen-bond donors (Lipinski definition) is 1. The van der Waals surface area contributed by atoms with E-state index >= 15 is 0 Å². The van der Waals surface area contributed by atoms with Crippen molar-refractivity contribution in [2.24, 2.45) is 0 Å². The average Bonchev–Trinajstić information content (AvgIpc) is 2.60. The summed E-state index contributed by atoms with van der Waals surface area (Å²) in [6.07, 6.45) is 15.6. The van der Waals surface area contributed by atoms with Crippen LogP contribution >= 0.6 is 0 Å². The molecule has 0 heterocycles. The molecule has 1 aromatic rings. The van der Waals surface area contributed by atoms with E-state index in [2.05, 4.69) is 6.92 Å². The third-order valence-corrected chi connectivity index (χ3v) is 3.77. The molecule has 0 saturated carbocycles. The van der Waals surface area contributed by atoms with Gasteiger partial charge in [-0.1, -0.05) is 80.3 Å². The zero-order valence-electron chi connectivity index (χ0n) is 16.1. The molecule has 1 aromatic carbocycles. The number of benzene rings is 1. The minimum atomic E-state index is -0.931. The lowest BCUT2D eigenvalue weighted by Crippen LogP contribution is -1.98. The summed E-state index contributed by atoms with van der Waals surface area (Å²) in [5, 5.41) is 8.68. The maximum atomic E-state index is 10.6. The maximum Gasteiger partial charge on any atom is 0.328 e. The largest absolute Gasteiger partial charge is 0.493 e. The van der Waals surface area contributed by atoms with E-state index in [4.69, 9.17) is 9.84 Å². The van der Waals surface area contributed by atoms with E-state index < -0.39 is 5.97 Å². The molecule has 140 valence electrons. The van der Waals surface area contributed by atoms with E-state index in [0.717, 1.165) is 29.9 Å². The van der Waals surface area contributed by atoms with Crippen molar-refractivity contribution < 1.29 is 14.6 Å². The van der Waals surface area contributed by atoms with Crippen LogP contribution in [0.25, 0.3) is 6.08 Å². The van der Waals surface area contributed by atoms with E-state index in [0.29, 0.717) is 5.57 Å². The molecule has 0 fully saturated rings. The first-order valence-corrected chi connectivity index (χ1v) is 9.19. The molecule has 3 nitrogen and oxygen atoms in total. The number of carboxylic acids is 1. The highest BCUT2D eigenvalue weighted by atomic mass is 16.5. The number of ether oxygens (including phenoxy) is 1. The molecule has 0 aliphatic rings. The summed E-state index contributed by atoms with van der Waals surface area (Å²) in [6.45, 7) is 6.72. The molecule has 0 spiro atoms. The van der Waals surface area contributed by atoms with Gasteiger partial charge in [-0.05, 0) is 31.9 Å². The zero-order chi connectivity index (χ0) is 19.2. The normalized spacial score (nSPS) is 12.9. The number of aliphatic carboxylic acids is 1. The standard InChI is InChI=1S/C23H30O3/c1-4-5-6-9-17-26-22-14-8-7-13-21(22)16-15-19(2)11-10-12-20(3)18-23(24)25/h7-8,10-16,18H,4-6,9,17H2,1-3H3,(H,24,25). The van der Waals surface area contributed by atoms with Crippen molar-refractivity contribution >= 4 is 12.0 Å². The molecule has 0 amide bonds. The molecule has 0 radical (unpaired) electrons. The minimum absolute atomic E-state index is 0.701. The van der Waals surface area contributed by atoms with Crippen molar-refractivity contribution in [3.63, 3.8) is 0 Å². The van der Waals surface area contributed by atoms with Gasteiger partial charge in [0.25, 0.3) is 0 Å². The Labute approximate surface area is 157 Å². The third-order valence-electron chi connectivity index (χ3n) is 3.77. The van der Waals surface area contributed by atoms with Gasteiger partial charge in [-0.15, -0.1) is 0 Å². The molecule has 0 aromatic heterocycles. The van der Waals surface area contributed by atoms with Crippen LogP contribution in [-0.4, -0.2) is 17.7 Å². The minimum Gasteiger partial charge on any atom is -0.493 e. The topological polar surface area (TPSA) is 46.5 Å². The van der Waals surface area contributed by atoms with Gasteiger partial charge in [-0.25, -0.2) is 4.79 Å². The van der Waals surface area contributed by atoms with Crippen LogP contribution < -0.4 is 4.74 Å². The van der Waals surface area contributed by atoms with E-state index in [1.54, 1.807) is 13.0 Å². The number of unbranched alkanes of at least 4 members (excludes halogenated alkanes) is 3. The fraction of sp³-hybridized carbons (Fsp3) is 0.348. The predicted molar refractivity (Wildman–Crippen MR) is 109 cm³/mol. The van der Waals surface area contributed by atoms with E-state index in [-0.39, 0.29) is 0 Å². The maximum absolute atomic E-state index is 10.6. The molecular formula is C23H30O3. The summed E-state index contributed by atoms with van der Waals surface area (Å²) in [6, 6.07) is 8.03. The smallest absolute Gasteiger partial charge is 0.328 e. The highest BCUT2D eigenvalue weighted by molar-refractivity contribution is 5.81. The number of allylic oxidation sites excluding steroid dienone is 6. The summed E-state index contributed by atoms with van der Waals surface area (Å²) in [7, 11) is 0. The van der Waals surface area contributed by atoms with Crippen LogP contribution in [0.15, 0.2) is 65.8 Å². The highest BCUT2D eigenvalue weighted by Crippen LogP contribution is 2.20. The summed E-state index contributed by atoms with van der Waals surface area (Å²) in [5.74, 6) is -0.0251. The number of rotatable bonds is 11. The summed E-state index contributed by atoms with van der Waals surface area (Å²) in [5.41, 5.74) is 2.83. The Morgan fingerprint density at radius 1 is 1.08 bits per heavy atom. The Kier molecular flexibility index (Phi) is 10.5. The zero-order valence-corrected chi connectivity index (χ0v) is 16.1. The lowest BCUT2D eigenvalue weighted by Gasteiger charge is -2.09. The van der Waals surface area contributed by atoms with Crippen LogP contribution in [-0.2, 0) is 4.79 Å². The molecule has 1 rings (SSSR count). The molecule has 0 aliphatic carbocycles. The SMILES string of the molecule is CCCCCCOc1ccccc1C=CC(C)=CC=CC(C)=CC(=O)O. The van der Waals surface area contributed by atoms with Crippen LogP contribution in [0.3, 0.4) is 0 Å². The second kappa shape index (κ2) is 12.8. The van der Waals surface area contributed by atoms with Crippen molar-refractivity contribution in [1.29, 1.82) is 0 Å². The number of carboxylic acid groups (broad SMARTS) is 1. The molecule has 0 saturated heterocycles. The van der Waals surface area contributed by atoms with Gasteiger partial charge in [-0.2, -0.15) is 0 Å². The second-order valence-corrected chi connectivity index (χ2v) is 6.28. The van der Waals surface area contributed by atoms with Crippen molar-refractivity contribution in [3.05, 3.63) is 71.4 Å². The van der Waals surface area contributed by atoms with Gasteiger partial charge in [0, 0.05) is 11.6 Å². The predicted octanol–water partition coefficient (Wildman–Crippen LogP) is 6.19. The van der Waals surface area contributed by atoms with E-state index in [1.807, 2.05) is 55.5 Å². The average molecular weight is 354 g/mol. The van der Waals surface area contributed by atoms with Crippen molar-refractivity contribution in [3.8, 4) is 5.75 Å². The molecule has 26 heavy (non-hydrogen) atoms. The monoisotopic (exact) mass is 354 g/mol. The van der Waals surface area contributed by atoms with Gasteiger partial charge in [-0.3, -0.25) is 0 Å². The van der Waals surface area contributed by atoms with Gasteiger partial charge in [0.15, 0.2) is 0 Å². The Morgan fingerprint density at radius 3 is 2.58 bits per heavy atom. The van der Waals surface area contributed by atoms with Crippen molar-refractivity contribution in [2.45, 2.75) is 46.5 Å². The van der Waals surface area contributed by atoms with Crippen LogP contribution in [0.4, 0.5) is 0 Å². The molecule has 1 N–H and O–H groups in total. The lowest BCUT2D eigenvalue weighted by molar-refractivity contribution is -0.131. The first-order chi connectivity index (χ1) is 12.5. The fourth-order valence-electron chi connectivity index (χ4n) is 2.33. The summed E-state index contributed by atoms with van der Waals surface area (Å²) >= 11 is 0. The van der Waals surface area contributed by atoms with E-state index in [1.165, 1.54) is 25.3 Å². The number of para-hydroxylation sites is 1. The van der Waals surface area contributed by atoms with E-state index in [9.17, 15) is 4.79 Å². The van der Waals surface area contributed by atoms with Crippen LogP contribution in [0.1, 0.15) is 52.0 Å². The van der Waals surface area contributed by atoms with Gasteiger partial charge in [0.1, 0.15) is 5.75 Å². The van der Waals surface area contributed by atoms with Gasteiger partial charge < -0.3 is 9.84 Å². The fourth-order valence-corrected chi connectivity index (χ4v) is 2.33. The molecule has 3 heteroatoms. The summed E-state index contributed by atoms with van der Waals surface area (Å²) in [4.78, 5) is 10.6. The third kappa shape index (κ3) is 9.67. The highest BCUT2D eigenvalue weighted by Gasteiger charge is 1.99. The van der Waals surface area contributed by atoms with Gasteiger partial charge in [0.2, 0.25) is 0 Å². The van der Waals surface area contributed by atoms with Gasteiger partial charge in [0.05, 0.1) is 6.61 Å². The Morgan fingerprint density at radius 2 is 1.85 bits per heavy atom.